The molecule has 5 rings (SSSR count). The maximum atomic E-state index is 15.2. The van der Waals surface area contributed by atoms with Crippen LogP contribution in [0.3, 0.4) is 0 Å². The smallest absolute Gasteiger partial charge is 0.407 e. The van der Waals surface area contributed by atoms with Crippen molar-refractivity contribution in [3.05, 3.63) is 89.9 Å². The highest BCUT2D eigenvalue weighted by Gasteiger charge is 2.44. The number of hydrogen-bond donors (Lipinski definition) is 3. The Morgan fingerprint density at radius 3 is 2.40 bits per heavy atom. The number of alkyl carbamates (subject to hydrolysis) is 1. The summed E-state index contributed by atoms with van der Waals surface area (Å²) in [6.07, 6.45) is 0.697. The van der Waals surface area contributed by atoms with Crippen molar-refractivity contribution >= 4 is 23.8 Å². The van der Waals surface area contributed by atoms with Crippen molar-refractivity contribution in [2.45, 2.75) is 52.1 Å². The van der Waals surface area contributed by atoms with Gasteiger partial charge in [-0.1, -0.05) is 44.2 Å². The number of benzene rings is 2. The van der Waals surface area contributed by atoms with Gasteiger partial charge in [-0.25, -0.2) is 22.9 Å². The quantitative estimate of drug-likeness (QED) is 0.107. The van der Waals surface area contributed by atoms with Crippen LogP contribution in [0.2, 0.25) is 0 Å². The number of rotatable bonds is 21. The summed E-state index contributed by atoms with van der Waals surface area (Å²) in [6.45, 7) is 6.40. The maximum absolute atomic E-state index is 15.2. The maximum Gasteiger partial charge on any atom is 0.407 e. The summed E-state index contributed by atoms with van der Waals surface area (Å²) in [5.74, 6) is -3.15. The number of imide groups is 1. The van der Waals surface area contributed by atoms with E-state index in [9.17, 15) is 28.7 Å². The van der Waals surface area contributed by atoms with Crippen LogP contribution in [0, 0.1) is 23.0 Å². The molecule has 14 nitrogen and oxygen atoms in total. The molecule has 3 aromatic rings. The van der Waals surface area contributed by atoms with Crippen molar-refractivity contribution in [1.82, 2.24) is 30.0 Å². The number of imidazole rings is 1. The number of nitrogens with one attached hydrogen (secondary N) is 2. The van der Waals surface area contributed by atoms with Gasteiger partial charge >= 0.3 is 6.09 Å². The van der Waals surface area contributed by atoms with Crippen LogP contribution >= 0.6 is 0 Å². The standard InChI is InChI=1S/C41H51F3N6O8/c1-27(51)39(54)50(25-29-22-45-23-33(29)44)37(38-47-34(31-21-30(42)9-10-32(31)43)26-48(38)24-28-7-5-4-6-8-28)41(2,3)13-16-58-40(55)46-14-17-56-19-20-57-18-15-49-35(52)11-12-36(49)53/h4-12,21,26-27,29,33,37,45,51H,13-20,22-25H2,1-3H3,(H,46,55)/t27-,29-,33-,37-/m0/s1. The molecular weight excluding hydrogens is 761 g/mol. The van der Waals surface area contributed by atoms with Crippen molar-refractivity contribution < 1.29 is 51.7 Å². The molecule has 2 aliphatic heterocycles. The fourth-order valence-corrected chi connectivity index (χ4v) is 6.93. The van der Waals surface area contributed by atoms with Crippen LogP contribution in [0.1, 0.15) is 44.6 Å². The largest absolute Gasteiger partial charge is 0.450 e. The number of aliphatic hydroxyl groups excluding tert-OH is 1. The number of aliphatic hydroxyl groups is 1. The van der Waals surface area contributed by atoms with Gasteiger partial charge < -0.3 is 39.4 Å². The van der Waals surface area contributed by atoms with Gasteiger partial charge in [-0.05, 0) is 42.5 Å². The summed E-state index contributed by atoms with van der Waals surface area (Å²) in [6, 6.07) is 11.4. The van der Waals surface area contributed by atoms with E-state index in [0.717, 1.165) is 28.7 Å². The lowest BCUT2D eigenvalue weighted by Gasteiger charge is -2.43. The van der Waals surface area contributed by atoms with Crippen molar-refractivity contribution in [3.8, 4) is 11.3 Å². The number of carbonyl (C=O) groups excluding carboxylic acids is 4. The molecule has 1 saturated heterocycles. The first-order valence-corrected chi connectivity index (χ1v) is 19.2. The highest BCUT2D eigenvalue weighted by Crippen LogP contribution is 2.43. The molecule has 0 spiro atoms. The van der Waals surface area contributed by atoms with E-state index in [1.807, 2.05) is 44.2 Å². The van der Waals surface area contributed by atoms with E-state index < -0.39 is 53.3 Å². The summed E-state index contributed by atoms with van der Waals surface area (Å²) in [5, 5.41) is 16.3. The van der Waals surface area contributed by atoms with Gasteiger partial charge in [0.05, 0.1) is 51.3 Å². The van der Waals surface area contributed by atoms with Crippen LogP contribution < -0.4 is 10.6 Å². The van der Waals surface area contributed by atoms with Crippen molar-refractivity contribution in [1.29, 1.82) is 0 Å². The highest BCUT2D eigenvalue weighted by molar-refractivity contribution is 6.12. The fraction of sp³-hybridized carbons (Fsp3) is 0.488. The van der Waals surface area contributed by atoms with Gasteiger partial charge in [-0.2, -0.15) is 0 Å². The van der Waals surface area contributed by atoms with Gasteiger partial charge in [0.2, 0.25) is 0 Å². The molecule has 0 unspecified atom stereocenters. The predicted octanol–water partition coefficient (Wildman–Crippen LogP) is 3.79. The highest BCUT2D eigenvalue weighted by atomic mass is 19.1. The summed E-state index contributed by atoms with van der Waals surface area (Å²) in [4.78, 5) is 57.2. The van der Waals surface area contributed by atoms with Crippen LogP contribution in [0.5, 0.6) is 0 Å². The lowest BCUT2D eigenvalue weighted by atomic mass is 9.79. The Kier molecular flexibility index (Phi) is 15.6. The normalized spacial score (nSPS) is 17.8. The van der Waals surface area contributed by atoms with E-state index in [1.165, 1.54) is 24.0 Å². The van der Waals surface area contributed by atoms with Gasteiger partial charge in [0, 0.05) is 62.6 Å². The third-order valence-corrected chi connectivity index (χ3v) is 10.1. The zero-order chi connectivity index (χ0) is 41.8. The Morgan fingerprint density at radius 1 is 1.02 bits per heavy atom. The Balaban J connectivity index is 1.29. The van der Waals surface area contributed by atoms with Crippen LogP contribution in [-0.4, -0.2) is 126 Å². The number of halogens is 3. The summed E-state index contributed by atoms with van der Waals surface area (Å²) in [7, 11) is 0. The Bertz CT molecular complexity index is 1890. The number of hydrogen-bond acceptors (Lipinski definition) is 10. The first-order chi connectivity index (χ1) is 27.7. The molecule has 0 bridgehead atoms. The number of nitrogens with zero attached hydrogens (tertiary/aromatic N) is 4. The number of aromatic nitrogens is 2. The molecule has 1 fully saturated rings. The average Bonchev–Trinajstić information content (AvgIpc) is 3.88. The Hall–Kier alpha value is -5.10. The monoisotopic (exact) mass is 812 g/mol. The SMILES string of the molecule is C[C@H](O)C(=O)N(C[C@@H]1CNC[C@@H]1F)[C@@H](c1nc(-c2cc(F)ccc2F)cn1Cc1ccccc1)C(C)(C)CCOC(=O)NCCOCCOCCN1C(=O)C=CC1=O. The lowest BCUT2D eigenvalue weighted by Crippen LogP contribution is -2.50. The van der Waals surface area contributed by atoms with Crippen LogP contribution in [-0.2, 0) is 35.1 Å². The molecule has 58 heavy (non-hydrogen) atoms. The molecule has 4 amide bonds. The minimum absolute atomic E-state index is 0.0878. The first-order valence-electron chi connectivity index (χ1n) is 19.2. The molecule has 17 heteroatoms. The first kappa shape index (κ1) is 44.0. The van der Waals surface area contributed by atoms with Gasteiger partial charge in [0.25, 0.3) is 17.7 Å². The van der Waals surface area contributed by atoms with Gasteiger partial charge in [-0.3, -0.25) is 19.3 Å². The zero-order valence-electron chi connectivity index (χ0n) is 32.9. The number of carbonyl (C=O) groups is 4. The molecule has 314 valence electrons. The fourth-order valence-electron chi connectivity index (χ4n) is 6.93. The predicted molar refractivity (Wildman–Crippen MR) is 206 cm³/mol. The third kappa shape index (κ3) is 11.7. The van der Waals surface area contributed by atoms with E-state index in [-0.39, 0.29) is 108 Å². The molecule has 0 saturated carbocycles. The second-order valence-electron chi connectivity index (χ2n) is 14.9. The van der Waals surface area contributed by atoms with Gasteiger partial charge in [-0.15, -0.1) is 0 Å². The Morgan fingerprint density at radius 2 is 1.72 bits per heavy atom. The molecule has 3 heterocycles. The Labute approximate surface area is 335 Å². The second-order valence-corrected chi connectivity index (χ2v) is 14.9. The summed E-state index contributed by atoms with van der Waals surface area (Å²) < 4.78 is 63.0. The molecule has 1 aromatic heterocycles. The molecule has 2 aliphatic rings. The molecule has 2 aromatic carbocycles. The van der Waals surface area contributed by atoms with E-state index in [4.69, 9.17) is 19.2 Å². The van der Waals surface area contributed by atoms with E-state index in [1.54, 1.807) is 10.8 Å². The topological polar surface area (TPSA) is 165 Å². The summed E-state index contributed by atoms with van der Waals surface area (Å²) in [5.41, 5.74) is -0.113. The van der Waals surface area contributed by atoms with Crippen LogP contribution in [0.15, 0.2) is 66.9 Å². The molecular formula is C41H51F3N6O8. The van der Waals surface area contributed by atoms with Crippen molar-refractivity contribution in [3.63, 3.8) is 0 Å². The van der Waals surface area contributed by atoms with Gasteiger partial charge in [0.15, 0.2) is 0 Å². The van der Waals surface area contributed by atoms with Gasteiger partial charge in [0.1, 0.15) is 29.7 Å². The third-order valence-electron chi connectivity index (χ3n) is 10.1. The number of amides is 4. The second kappa shape index (κ2) is 20.5. The van der Waals surface area contributed by atoms with E-state index >= 15 is 8.78 Å². The van der Waals surface area contributed by atoms with Crippen molar-refractivity contribution in [2.75, 3.05) is 65.8 Å². The van der Waals surface area contributed by atoms with Crippen LogP contribution in [0.25, 0.3) is 11.3 Å². The number of alkyl halides is 1. The van der Waals surface area contributed by atoms with Crippen molar-refractivity contribution in [2.24, 2.45) is 11.3 Å². The number of ether oxygens (including phenoxy) is 3. The molecule has 0 aliphatic carbocycles. The summed E-state index contributed by atoms with van der Waals surface area (Å²) >= 11 is 0. The lowest BCUT2D eigenvalue weighted by molar-refractivity contribution is -0.146. The minimum Gasteiger partial charge on any atom is -0.450 e. The van der Waals surface area contributed by atoms with E-state index in [0.29, 0.717) is 0 Å². The van der Waals surface area contributed by atoms with E-state index in [2.05, 4.69) is 10.6 Å². The van der Waals surface area contributed by atoms with Crippen LogP contribution in [0.4, 0.5) is 18.0 Å². The molecule has 0 radical (unpaired) electrons. The molecule has 4 atom stereocenters. The molecule has 3 N–H and O–H groups in total. The zero-order valence-corrected chi connectivity index (χ0v) is 32.9. The minimum atomic E-state index is -1.47. The average molecular weight is 813 g/mol.